The Bertz CT molecular complexity index is 477. The summed E-state index contributed by atoms with van der Waals surface area (Å²) in [6.45, 7) is 11.4. The van der Waals surface area contributed by atoms with Gasteiger partial charge in [-0.25, -0.2) is 9.97 Å². The summed E-state index contributed by atoms with van der Waals surface area (Å²) in [6, 6.07) is 0.111. The summed E-state index contributed by atoms with van der Waals surface area (Å²) >= 11 is 0. The van der Waals surface area contributed by atoms with E-state index in [4.69, 9.17) is 0 Å². The highest BCUT2D eigenvalue weighted by atomic mass is 16.3. The first-order chi connectivity index (χ1) is 10.8. The van der Waals surface area contributed by atoms with Gasteiger partial charge >= 0.3 is 0 Å². The zero-order valence-corrected chi connectivity index (χ0v) is 15.2. The number of likely N-dealkylation sites (N-methyl/N-ethyl adjacent to an activating group) is 2. The van der Waals surface area contributed by atoms with Gasteiger partial charge in [0.1, 0.15) is 0 Å². The van der Waals surface area contributed by atoms with E-state index in [1.165, 1.54) is 0 Å². The lowest BCUT2D eigenvalue weighted by atomic mass is 9.86. The fraction of sp³-hybridized carbons (Fsp3) is 0.765. The van der Waals surface area contributed by atoms with Gasteiger partial charge in [0.15, 0.2) is 0 Å². The molecular formula is C17H31N5O. The second-order valence-electron chi connectivity index (χ2n) is 7.66. The number of hydrogen-bond acceptors (Lipinski definition) is 6. The molecule has 0 aliphatic carbocycles. The Morgan fingerprint density at radius 3 is 2.22 bits per heavy atom. The number of piperazine rings is 1. The van der Waals surface area contributed by atoms with Gasteiger partial charge < -0.3 is 14.9 Å². The number of anilines is 1. The maximum absolute atomic E-state index is 9.66. The lowest BCUT2D eigenvalue weighted by molar-refractivity contribution is 0.0613. The second-order valence-corrected chi connectivity index (χ2v) is 7.66. The van der Waals surface area contributed by atoms with Crippen molar-refractivity contribution in [1.29, 1.82) is 0 Å². The number of hydrogen-bond donors (Lipinski definition) is 1. The third-order valence-corrected chi connectivity index (χ3v) is 4.61. The van der Waals surface area contributed by atoms with E-state index in [0.29, 0.717) is 0 Å². The molecule has 23 heavy (non-hydrogen) atoms. The minimum Gasteiger partial charge on any atom is -0.395 e. The molecule has 0 saturated carbocycles. The standard InChI is InChI=1S/C17H31N5O/c1-17(2,3)15(13-23)21(5)12-14-10-18-16(19-11-14)22-8-6-20(4)7-9-22/h10-11,15,23H,6-9,12-13H2,1-5H3. The van der Waals surface area contributed by atoms with E-state index in [-0.39, 0.29) is 18.1 Å². The Hall–Kier alpha value is -1.24. The van der Waals surface area contributed by atoms with Crippen LogP contribution in [-0.2, 0) is 6.54 Å². The van der Waals surface area contributed by atoms with Crippen molar-refractivity contribution in [2.45, 2.75) is 33.4 Å². The lowest BCUT2D eigenvalue weighted by Crippen LogP contribution is -2.45. The van der Waals surface area contributed by atoms with Gasteiger partial charge in [0, 0.05) is 56.7 Å². The average molecular weight is 321 g/mol. The second kappa shape index (κ2) is 7.55. The van der Waals surface area contributed by atoms with Crippen molar-refractivity contribution in [2.24, 2.45) is 5.41 Å². The highest BCUT2D eigenvalue weighted by molar-refractivity contribution is 5.30. The Morgan fingerprint density at radius 2 is 1.74 bits per heavy atom. The summed E-state index contributed by atoms with van der Waals surface area (Å²) < 4.78 is 0. The van der Waals surface area contributed by atoms with Gasteiger partial charge in [-0.3, -0.25) is 4.90 Å². The van der Waals surface area contributed by atoms with Crippen molar-refractivity contribution >= 4 is 5.95 Å². The molecule has 0 spiro atoms. The minimum absolute atomic E-state index is 0.0319. The summed E-state index contributed by atoms with van der Waals surface area (Å²) in [5.74, 6) is 0.819. The van der Waals surface area contributed by atoms with Gasteiger partial charge in [0.05, 0.1) is 6.61 Å². The fourth-order valence-electron chi connectivity index (χ4n) is 3.07. The summed E-state index contributed by atoms with van der Waals surface area (Å²) in [7, 11) is 4.18. The third-order valence-electron chi connectivity index (χ3n) is 4.61. The molecule has 2 heterocycles. The van der Waals surface area contributed by atoms with Crippen LogP contribution in [-0.4, -0.2) is 77.8 Å². The van der Waals surface area contributed by atoms with Crippen LogP contribution >= 0.6 is 0 Å². The smallest absolute Gasteiger partial charge is 0.225 e. The molecule has 0 aromatic carbocycles. The Morgan fingerprint density at radius 1 is 1.17 bits per heavy atom. The Balaban J connectivity index is 1.97. The average Bonchev–Trinajstić information content (AvgIpc) is 2.48. The van der Waals surface area contributed by atoms with Crippen LogP contribution in [0, 0.1) is 5.41 Å². The van der Waals surface area contributed by atoms with Crippen LogP contribution in [0.2, 0.25) is 0 Å². The summed E-state index contributed by atoms with van der Waals surface area (Å²) in [6.07, 6.45) is 3.82. The predicted octanol–water partition coefficient (Wildman–Crippen LogP) is 1.07. The summed E-state index contributed by atoms with van der Waals surface area (Å²) in [5, 5.41) is 9.66. The predicted molar refractivity (Wildman–Crippen MR) is 93.5 cm³/mol. The third kappa shape index (κ3) is 4.86. The number of nitrogens with zero attached hydrogens (tertiary/aromatic N) is 5. The van der Waals surface area contributed by atoms with Crippen LogP contribution < -0.4 is 4.90 Å². The quantitative estimate of drug-likeness (QED) is 0.875. The van der Waals surface area contributed by atoms with Gasteiger partial charge in [-0.05, 0) is 19.5 Å². The van der Waals surface area contributed by atoms with Gasteiger partial charge in [0.2, 0.25) is 5.95 Å². The molecule has 1 N–H and O–H groups in total. The zero-order chi connectivity index (χ0) is 17.0. The molecule has 0 radical (unpaired) electrons. The first kappa shape index (κ1) is 18.1. The normalized spacial score (nSPS) is 18.5. The van der Waals surface area contributed by atoms with Crippen LogP contribution in [0.5, 0.6) is 0 Å². The maximum Gasteiger partial charge on any atom is 0.225 e. The molecule has 0 amide bonds. The molecule has 130 valence electrons. The largest absolute Gasteiger partial charge is 0.395 e. The molecular weight excluding hydrogens is 290 g/mol. The van der Waals surface area contributed by atoms with Gasteiger partial charge in [-0.15, -0.1) is 0 Å². The van der Waals surface area contributed by atoms with Gasteiger partial charge in [-0.2, -0.15) is 0 Å². The van der Waals surface area contributed by atoms with Crippen LogP contribution in [0.15, 0.2) is 12.4 Å². The van der Waals surface area contributed by atoms with Gasteiger partial charge in [0.25, 0.3) is 0 Å². The molecule has 1 aliphatic rings. The van der Waals surface area contributed by atoms with Gasteiger partial charge in [-0.1, -0.05) is 20.8 Å². The highest BCUT2D eigenvalue weighted by Crippen LogP contribution is 2.24. The van der Waals surface area contributed by atoms with E-state index in [0.717, 1.165) is 44.2 Å². The molecule has 1 atom stereocenters. The molecule has 1 aliphatic heterocycles. The van der Waals surface area contributed by atoms with Crippen molar-refractivity contribution in [2.75, 3.05) is 51.8 Å². The molecule has 0 bridgehead atoms. The SMILES string of the molecule is CN1CCN(c2ncc(CN(C)C(CO)C(C)(C)C)cn2)CC1. The van der Waals surface area contributed by atoms with Crippen LogP contribution in [0.4, 0.5) is 5.95 Å². The van der Waals surface area contributed by atoms with Crippen LogP contribution in [0.3, 0.4) is 0 Å². The van der Waals surface area contributed by atoms with E-state index in [1.54, 1.807) is 0 Å². The van der Waals surface area contributed by atoms with E-state index in [2.05, 4.69) is 52.5 Å². The number of aromatic nitrogens is 2. The first-order valence-corrected chi connectivity index (χ1v) is 8.37. The van der Waals surface area contributed by atoms with Crippen molar-refractivity contribution in [3.8, 4) is 0 Å². The van der Waals surface area contributed by atoms with E-state index in [1.807, 2.05) is 19.4 Å². The molecule has 1 saturated heterocycles. The molecule has 1 aromatic rings. The highest BCUT2D eigenvalue weighted by Gasteiger charge is 2.27. The summed E-state index contributed by atoms with van der Waals surface area (Å²) in [4.78, 5) is 15.8. The number of rotatable bonds is 5. The molecule has 1 aromatic heterocycles. The number of aliphatic hydroxyl groups excluding tert-OH is 1. The lowest BCUT2D eigenvalue weighted by Gasteiger charge is -2.36. The van der Waals surface area contributed by atoms with Crippen molar-refractivity contribution < 1.29 is 5.11 Å². The Labute approximate surface area is 140 Å². The monoisotopic (exact) mass is 321 g/mol. The van der Waals surface area contributed by atoms with Crippen LogP contribution in [0.1, 0.15) is 26.3 Å². The van der Waals surface area contributed by atoms with Crippen LogP contribution in [0.25, 0.3) is 0 Å². The maximum atomic E-state index is 9.66. The topological polar surface area (TPSA) is 55.7 Å². The number of aliphatic hydroxyl groups is 1. The Kier molecular flexibility index (Phi) is 5.95. The molecule has 6 heteroatoms. The van der Waals surface area contributed by atoms with E-state index >= 15 is 0 Å². The van der Waals surface area contributed by atoms with Crippen molar-refractivity contribution in [1.82, 2.24) is 19.8 Å². The summed E-state index contributed by atoms with van der Waals surface area (Å²) in [5.41, 5.74) is 1.11. The fourth-order valence-corrected chi connectivity index (χ4v) is 3.07. The molecule has 1 fully saturated rings. The molecule has 1 unspecified atom stereocenters. The zero-order valence-electron chi connectivity index (χ0n) is 15.2. The molecule has 6 nitrogen and oxygen atoms in total. The van der Waals surface area contributed by atoms with E-state index in [9.17, 15) is 5.11 Å². The van der Waals surface area contributed by atoms with E-state index < -0.39 is 0 Å². The first-order valence-electron chi connectivity index (χ1n) is 8.37. The van der Waals surface area contributed by atoms with Crippen molar-refractivity contribution in [3.63, 3.8) is 0 Å². The minimum atomic E-state index is 0.0319. The molecule has 2 rings (SSSR count). The van der Waals surface area contributed by atoms with Crippen molar-refractivity contribution in [3.05, 3.63) is 18.0 Å².